The topological polar surface area (TPSA) is 22.1 Å². The zero-order valence-electron chi connectivity index (χ0n) is 7.51. The molecule has 1 aliphatic rings. The molecule has 14 heavy (non-hydrogen) atoms. The molecule has 2 nitrogen and oxygen atoms in total. The highest BCUT2D eigenvalue weighted by Crippen LogP contribution is 2.38. The Morgan fingerprint density at radius 3 is 3.14 bits per heavy atom. The zero-order valence-corrected chi connectivity index (χ0v) is 8.33. The Morgan fingerprint density at radius 1 is 1.36 bits per heavy atom. The maximum Gasteiger partial charge on any atom is 0.123 e. The summed E-state index contributed by atoms with van der Waals surface area (Å²) in [6.45, 7) is 0.729. The van der Waals surface area contributed by atoms with Gasteiger partial charge in [0.1, 0.15) is 17.4 Å². The summed E-state index contributed by atoms with van der Waals surface area (Å²) >= 11 is 1.69. The van der Waals surface area contributed by atoms with Crippen molar-refractivity contribution in [3.05, 3.63) is 46.4 Å². The predicted molar refractivity (Wildman–Crippen MR) is 55.9 cm³/mol. The van der Waals surface area contributed by atoms with Gasteiger partial charge in [0, 0.05) is 17.1 Å². The molecule has 0 amide bonds. The number of thiazole rings is 1. The van der Waals surface area contributed by atoms with Crippen molar-refractivity contribution in [2.75, 3.05) is 6.61 Å². The maximum atomic E-state index is 5.60. The summed E-state index contributed by atoms with van der Waals surface area (Å²) in [5.41, 5.74) is 1.27. The van der Waals surface area contributed by atoms with Gasteiger partial charge in [-0.25, -0.2) is 4.98 Å². The highest BCUT2D eigenvalue weighted by Gasteiger charge is 2.26. The summed E-state index contributed by atoms with van der Waals surface area (Å²) < 4.78 is 5.60. The van der Waals surface area contributed by atoms with Gasteiger partial charge in [-0.1, -0.05) is 18.2 Å². The molecular weight excluding hydrogens is 194 g/mol. The average Bonchev–Trinajstić information content (AvgIpc) is 2.85. The van der Waals surface area contributed by atoms with Crippen LogP contribution in [-0.2, 0) is 0 Å². The van der Waals surface area contributed by atoms with Crippen molar-refractivity contribution in [3.63, 3.8) is 0 Å². The van der Waals surface area contributed by atoms with Crippen molar-refractivity contribution >= 4 is 11.3 Å². The van der Waals surface area contributed by atoms with Crippen molar-refractivity contribution in [2.45, 2.75) is 5.92 Å². The van der Waals surface area contributed by atoms with Gasteiger partial charge in [0.25, 0.3) is 0 Å². The molecule has 1 unspecified atom stereocenters. The summed E-state index contributed by atoms with van der Waals surface area (Å²) in [5.74, 6) is 1.35. The highest BCUT2D eigenvalue weighted by molar-refractivity contribution is 7.09. The molecule has 0 saturated carbocycles. The van der Waals surface area contributed by atoms with E-state index < -0.39 is 0 Å². The van der Waals surface area contributed by atoms with E-state index >= 15 is 0 Å². The first-order valence-electron chi connectivity index (χ1n) is 4.56. The number of nitrogens with zero attached hydrogens (tertiary/aromatic N) is 1. The third kappa shape index (κ3) is 1.13. The van der Waals surface area contributed by atoms with Crippen LogP contribution in [0.4, 0.5) is 0 Å². The number of fused-ring (bicyclic) bond motifs is 1. The van der Waals surface area contributed by atoms with Crippen molar-refractivity contribution < 1.29 is 4.74 Å². The van der Waals surface area contributed by atoms with Crippen molar-refractivity contribution in [2.24, 2.45) is 0 Å². The second kappa shape index (κ2) is 3.10. The van der Waals surface area contributed by atoms with E-state index in [1.165, 1.54) is 5.56 Å². The number of hydrogen-bond acceptors (Lipinski definition) is 3. The van der Waals surface area contributed by atoms with E-state index in [-0.39, 0.29) is 0 Å². The predicted octanol–water partition coefficient (Wildman–Crippen LogP) is 2.67. The van der Waals surface area contributed by atoms with E-state index in [1.54, 1.807) is 11.3 Å². The largest absolute Gasteiger partial charge is 0.492 e. The molecule has 0 aliphatic carbocycles. The molecular formula is C11H9NOS. The molecule has 0 saturated heterocycles. The first kappa shape index (κ1) is 8.00. The second-order valence-corrected chi connectivity index (χ2v) is 4.20. The van der Waals surface area contributed by atoms with Gasteiger partial charge in [-0.2, -0.15) is 0 Å². The standard InChI is InChI=1S/C11H9NOS/c1-2-4-10-8(3-1)9(7-13-10)11-12-5-6-14-11/h1-6,9H,7H2. The van der Waals surface area contributed by atoms with Crippen LogP contribution in [0, 0.1) is 0 Å². The number of aromatic nitrogens is 1. The lowest BCUT2D eigenvalue weighted by Gasteiger charge is -2.03. The molecule has 0 spiro atoms. The SMILES string of the molecule is c1ccc2c(c1)OCC2c1nccs1. The fourth-order valence-electron chi connectivity index (χ4n) is 1.77. The summed E-state index contributed by atoms with van der Waals surface area (Å²) in [6.07, 6.45) is 1.85. The van der Waals surface area contributed by atoms with E-state index in [1.807, 2.05) is 29.8 Å². The van der Waals surface area contributed by atoms with Crippen LogP contribution in [0.2, 0.25) is 0 Å². The van der Waals surface area contributed by atoms with Crippen LogP contribution >= 0.6 is 11.3 Å². The zero-order chi connectivity index (χ0) is 9.38. The van der Waals surface area contributed by atoms with E-state index in [9.17, 15) is 0 Å². The van der Waals surface area contributed by atoms with Crippen LogP contribution in [0.15, 0.2) is 35.8 Å². The molecule has 3 heteroatoms. The smallest absolute Gasteiger partial charge is 0.123 e. The molecule has 0 bridgehead atoms. The number of rotatable bonds is 1. The van der Waals surface area contributed by atoms with Gasteiger partial charge in [0.05, 0.1) is 5.92 Å². The Balaban J connectivity index is 2.06. The lowest BCUT2D eigenvalue weighted by Crippen LogP contribution is -2.01. The Kier molecular flexibility index (Phi) is 1.77. The minimum absolute atomic E-state index is 0.339. The van der Waals surface area contributed by atoms with Crippen LogP contribution < -0.4 is 4.74 Å². The van der Waals surface area contributed by atoms with E-state index in [0.717, 1.165) is 17.4 Å². The third-order valence-corrected chi connectivity index (χ3v) is 3.34. The van der Waals surface area contributed by atoms with Crippen molar-refractivity contribution in [3.8, 4) is 5.75 Å². The molecule has 0 radical (unpaired) electrons. The minimum Gasteiger partial charge on any atom is -0.492 e. The van der Waals surface area contributed by atoms with Crippen LogP contribution in [0.25, 0.3) is 0 Å². The van der Waals surface area contributed by atoms with Crippen LogP contribution in [0.3, 0.4) is 0 Å². The van der Waals surface area contributed by atoms with Crippen molar-refractivity contribution in [1.82, 2.24) is 4.98 Å². The highest BCUT2D eigenvalue weighted by atomic mass is 32.1. The Bertz CT molecular complexity index is 438. The van der Waals surface area contributed by atoms with Crippen LogP contribution in [0.5, 0.6) is 5.75 Å². The quantitative estimate of drug-likeness (QED) is 0.711. The van der Waals surface area contributed by atoms with Gasteiger partial charge in [0.15, 0.2) is 0 Å². The molecule has 1 aromatic heterocycles. The fraction of sp³-hybridized carbons (Fsp3) is 0.182. The molecule has 1 aromatic carbocycles. The average molecular weight is 203 g/mol. The fourth-order valence-corrected chi connectivity index (χ4v) is 2.52. The lowest BCUT2D eigenvalue weighted by atomic mass is 10.0. The Morgan fingerprint density at radius 2 is 2.29 bits per heavy atom. The molecule has 1 atom stereocenters. The number of benzene rings is 1. The van der Waals surface area contributed by atoms with Gasteiger partial charge in [-0.05, 0) is 6.07 Å². The summed E-state index contributed by atoms with van der Waals surface area (Å²) in [5, 5.41) is 3.16. The Labute approximate surface area is 86.2 Å². The third-order valence-electron chi connectivity index (χ3n) is 2.45. The first-order chi connectivity index (χ1) is 6.95. The molecule has 2 aromatic rings. The van der Waals surface area contributed by atoms with E-state index in [2.05, 4.69) is 11.1 Å². The van der Waals surface area contributed by atoms with Crippen molar-refractivity contribution in [1.29, 1.82) is 0 Å². The maximum absolute atomic E-state index is 5.60. The molecule has 2 heterocycles. The van der Waals surface area contributed by atoms with Gasteiger partial charge >= 0.3 is 0 Å². The van der Waals surface area contributed by atoms with E-state index in [0.29, 0.717) is 5.92 Å². The summed E-state index contributed by atoms with van der Waals surface area (Å²) in [4.78, 5) is 4.34. The second-order valence-electron chi connectivity index (χ2n) is 3.27. The number of ether oxygens (including phenoxy) is 1. The normalized spacial score (nSPS) is 19.0. The van der Waals surface area contributed by atoms with Gasteiger partial charge in [0.2, 0.25) is 0 Å². The minimum atomic E-state index is 0.339. The molecule has 0 N–H and O–H groups in total. The van der Waals surface area contributed by atoms with Gasteiger partial charge in [-0.3, -0.25) is 0 Å². The summed E-state index contributed by atoms with van der Waals surface area (Å²) in [7, 11) is 0. The van der Waals surface area contributed by atoms with Gasteiger partial charge < -0.3 is 4.74 Å². The molecule has 1 aliphatic heterocycles. The number of para-hydroxylation sites is 1. The monoisotopic (exact) mass is 203 g/mol. The van der Waals surface area contributed by atoms with Gasteiger partial charge in [-0.15, -0.1) is 11.3 Å². The Hall–Kier alpha value is -1.35. The lowest BCUT2D eigenvalue weighted by molar-refractivity contribution is 0.343. The van der Waals surface area contributed by atoms with Crippen LogP contribution in [0.1, 0.15) is 16.5 Å². The molecule has 0 fully saturated rings. The number of hydrogen-bond donors (Lipinski definition) is 0. The molecule has 70 valence electrons. The first-order valence-corrected chi connectivity index (χ1v) is 5.44. The van der Waals surface area contributed by atoms with Crippen LogP contribution in [-0.4, -0.2) is 11.6 Å². The summed E-state index contributed by atoms with van der Waals surface area (Å²) in [6, 6.07) is 8.19. The van der Waals surface area contributed by atoms with E-state index in [4.69, 9.17) is 4.74 Å². The molecule has 3 rings (SSSR count).